The molecule has 0 saturated heterocycles. The second-order valence-corrected chi connectivity index (χ2v) is 4.18. The zero-order valence-electron chi connectivity index (χ0n) is 6.53. The number of carboxylic acids is 1. The van der Waals surface area contributed by atoms with Crippen LogP contribution in [0.5, 0.6) is 0 Å². The van der Waals surface area contributed by atoms with E-state index in [2.05, 4.69) is 10.3 Å². The van der Waals surface area contributed by atoms with Crippen LogP contribution in [0, 0.1) is 0 Å². The van der Waals surface area contributed by atoms with Crippen molar-refractivity contribution in [1.82, 2.24) is 4.98 Å². The lowest BCUT2D eigenvalue weighted by atomic mass is 10.3. The third kappa shape index (κ3) is 2.34. The van der Waals surface area contributed by atoms with Crippen LogP contribution in [0.3, 0.4) is 0 Å². The Bertz CT molecular complexity index is 368. The SMILES string of the molecule is O=CNc1nc(C(Cl)C(=O)O)c(Cl)s1. The number of alkyl halides is 1. The number of halogens is 2. The van der Waals surface area contributed by atoms with E-state index in [0.717, 1.165) is 11.3 Å². The Hall–Kier alpha value is -0.850. The van der Waals surface area contributed by atoms with Gasteiger partial charge in [-0.2, -0.15) is 0 Å². The van der Waals surface area contributed by atoms with Gasteiger partial charge in [0.2, 0.25) is 6.41 Å². The summed E-state index contributed by atoms with van der Waals surface area (Å²) in [4.78, 5) is 24.3. The highest BCUT2D eigenvalue weighted by Gasteiger charge is 2.23. The van der Waals surface area contributed by atoms with Crippen LogP contribution in [0.15, 0.2) is 0 Å². The highest BCUT2D eigenvalue weighted by molar-refractivity contribution is 7.19. The molecule has 0 aliphatic heterocycles. The molecule has 2 N–H and O–H groups in total. The second-order valence-electron chi connectivity index (χ2n) is 2.14. The molecule has 0 aliphatic carbocycles. The largest absolute Gasteiger partial charge is 0.480 e. The number of aliphatic carboxylic acids is 1. The van der Waals surface area contributed by atoms with Crippen molar-refractivity contribution in [3.63, 3.8) is 0 Å². The number of anilines is 1. The van der Waals surface area contributed by atoms with Crippen LogP contribution in [0.4, 0.5) is 5.13 Å². The fraction of sp³-hybridized carbons (Fsp3) is 0.167. The number of rotatable bonds is 4. The number of nitrogens with one attached hydrogen (secondary N) is 1. The van der Waals surface area contributed by atoms with E-state index in [0.29, 0.717) is 6.41 Å². The predicted octanol–water partition coefficient (Wildman–Crippen LogP) is 1.73. The fourth-order valence-electron chi connectivity index (χ4n) is 0.699. The van der Waals surface area contributed by atoms with Gasteiger partial charge in [-0.1, -0.05) is 22.9 Å². The molecule has 0 spiro atoms. The van der Waals surface area contributed by atoms with E-state index in [1.807, 2.05) is 0 Å². The van der Waals surface area contributed by atoms with E-state index in [4.69, 9.17) is 28.3 Å². The van der Waals surface area contributed by atoms with E-state index in [1.54, 1.807) is 0 Å². The Kier molecular flexibility index (Phi) is 3.68. The van der Waals surface area contributed by atoms with E-state index < -0.39 is 11.3 Å². The van der Waals surface area contributed by atoms with Gasteiger partial charge in [0.1, 0.15) is 10.0 Å². The van der Waals surface area contributed by atoms with Crippen LogP contribution in [-0.2, 0) is 9.59 Å². The smallest absolute Gasteiger partial charge is 0.327 e. The molecule has 14 heavy (non-hydrogen) atoms. The minimum atomic E-state index is -1.30. The van der Waals surface area contributed by atoms with Gasteiger partial charge < -0.3 is 10.4 Å². The number of amides is 1. The lowest BCUT2D eigenvalue weighted by Gasteiger charge is -1.98. The van der Waals surface area contributed by atoms with Crippen LogP contribution in [0.1, 0.15) is 11.1 Å². The van der Waals surface area contributed by atoms with Gasteiger partial charge in [0.05, 0.1) is 0 Å². The Morgan fingerprint density at radius 3 is 2.86 bits per heavy atom. The number of carboxylic acid groups (broad SMARTS) is 1. The summed E-state index contributed by atoms with van der Waals surface area (Å²) in [6.45, 7) is 0. The Morgan fingerprint density at radius 1 is 1.71 bits per heavy atom. The number of carbonyl (C=O) groups is 2. The average molecular weight is 255 g/mol. The molecule has 76 valence electrons. The van der Waals surface area contributed by atoms with Gasteiger partial charge in [-0.05, 0) is 0 Å². The summed E-state index contributed by atoms with van der Waals surface area (Å²) in [7, 11) is 0. The van der Waals surface area contributed by atoms with Crippen molar-refractivity contribution in [2.24, 2.45) is 0 Å². The van der Waals surface area contributed by atoms with Crippen molar-refractivity contribution >= 4 is 52.0 Å². The predicted molar refractivity (Wildman–Crippen MR) is 53.0 cm³/mol. The Labute approximate surface area is 92.7 Å². The van der Waals surface area contributed by atoms with E-state index in [-0.39, 0.29) is 15.2 Å². The number of carbonyl (C=O) groups excluding carboxylic acids is 1. The molecule has 0 bridgehead atoms. The minimum absolute atomic E-state index is 0.0372. The van der Waals surface area contributed by atoms with Crippen LogP contribution in [0.2, 0.25) is 4.34 Å². The monoisotopic (exact) mass is 254 g/mol. The van der Waals surface area contributed by atoms with E-state index >= 15 is 0 Å². The summed E-state index contributed by atoms with van der Waals surface area (Å²) in [5.41, 5.74) is 0.0372. The molecule has 1 atom stereocenters. The van der Waals surface area contributed by atoms with Crippen LogP contribution in [0.25, 0.3) is 0 Å². The molecular formula is C6H4Cl2N2O3S. The average Bonchev–Trinajstić information content (AvgIpc) is 2.46. The van der Waals surface area contributed by atoms with Crippen molar-refractivity contribution in [1.29, 1.82) is 0 Å². The quantitative estimate of drug-likeness (QED) is 0.634. The maximum Gasteiger partial charge on any atom is 0.327 e. The second kappa shape index (κ2) is 4.59. The standard InChI is InChI=1S/C6H4Cl2N2O3S/c7-2(5(12)13)3-4(8)14-6(10-3)9-1-11/h1-2H,(H,12,13)(H,9,10,11). The van der Waals surface area contributed by atoms with Crippen LogP contribution >= 0.6 is 34.5 Å². The van der Waals surface area contributed by atoms with Gasteiger partial charge in [-0.3, -0.25) is 9.59 Å². The Balaban J connectivity index is 2.97. The number of thiazole rings is 1. The van der Waals surface area contributed by atoms with Crippen molar-refractivity contribution in [2.75, 3.05) is 5.32 Å². The maximum absolute atomic E-state index is 10.5. The molecule has 0 radical (unpaired) electrons. The molecule has 8 heteroatoms. The topological polar surface area (TPSA) is 79.3 Å². The Morgan fingerprint density at radius 2 is 2.36 bits per heavy atom. The first-order valence-electron chi connectivity index (χ1n) is 3.29. The molecule has 1 unspecified atom stereocenters. The molecule has 1 aromatic rings. The third-order valence-corrected chi connectivity index (χ3v) is 2.86. The zero-order chi connectivity index (χ0) is 10.7. The normalized spacial score (nSPS) is 12.1. The lowest BCUT2D eigenvalue weighted by Crippen LogP contribution is -2.06. The lowest BCUT2D eigenvalue weighted by molar-refractivity contribution is -0.136. The van der Waals surface area contributed by atoms with Gasteiger partial charge in [0, 0.05) is 0 Å². The molecule has 1 rings (SSSR count). The number of hydrogen-bond acceptors (Lipinski definition) is 4. The van der Waals surface area contributed by atoms with Crippen molar-refractivity contribution < 1.29 is 14.7 Å². The van der Waals surface area contributed by atoms with Gasteiger partial charge in [0.15, 0.2) is 10.5 Å². The molecule has 0 saturated carbocycles. The molecule has 5 nitrogen and oxygen atoms in total. The van der Waals surface area contributed by atoms with Gasteiger partial charge in [0.25, 0.3) is 0 Å². The third-order valence-electron chi connectivity index (χ3n) is 1.25. The summed E-state index contributed by atoms with van der Waals surface area (Å²) in [6, 6.07) is 0. The van der Waals surface area contributed by atoms with Gasteiger partial charge in [-0.25, -0.2) is 4.98 Å². The fourth-order valence-corrected chi connectivity index (χ4v) is 2.04. The first-order valence-corrected chi connectivity index (χ1v) is 4.92. The summed E-state index contributed by atoms with van der Waals surface area (Å²) in [5, 5.41) is 9.75. The van der Waals surface area contributed by atoms with Crippen LogP contribution < -0.4 is 5.32 Å². The molecule has 1 heterocycles. The molecule has 0 aliphatic rings. The maximum atomic E-state index is 10.5. The number of aromatic nitrogens is 1. The molecule has 0 fully saturated rings. The molecule has 1 amide bonds. The van der Waals surface area contributed by atoms with Crippen molar-refractivity contribution in [3.8, 4) is 0 Å². The van der Waals surface area contributed by atoms with Gasteiger partial charge >= 0.3 is 5.97 Å². The summed E-state index contributed by atoms with van der Waals surface area (Å²) >= 11 is 12.1. The molecule has 0 aromatic carbocycles. The highest BCUT2D eigenvalue weighted by Crippen LogP contribution is 2.34. The highest BCUT2D eigenvalue weighted by atomic mass is 35.5. The number of hydrogen-bond donors (Lipinski definition) is 2. The summed E-state index contributed by atoms with van der Waals surface area (Å²) in [6.07, 6.45) is 0.420. The first kappa shape index (κ1) is 11.2. The van der Waals surface area contributed by atoms with Gasteiger partial charge in [-0.15, -0.1) is 11.6 Å². The summed E-state index contributed by atoms with van der Waals surface area (Å²) in [5.74, 6) is -1.24. The van der Waals surface area contributed by atoms with Crippen LogP contribution in [-0.4, -0.2) is 22.5 Å². The summed E-state index contributed by atoms with van der Waals surface area (Å²) < 4.78 is 0.150. The zero-order valence-corrected chi connectivity index (χ0v) is 8.86. The van der Waals surface area contributed by atoms with Crippen molar-refractivity contribution in [2.45, 2.75) is 5.38 Å². The molecule has 1 aromatic heterocycles. The molecular weight excluding hydrogens is 251 g/mol. The number of nitrogens with zero attached hydrogens (tertiary/aromatic N) is 1. The van der Waals surface area contributed by atoms with E-state index in [1.165, 1.54) is 0 Å². The van der Waals surface area contributed by atoms with E-state index in [9.17, 15) is 9.59 Å². The van der Waals surface area contributed by atoms with Crippen molar-refractivity contribution in [3.05, 3.63) is 10.0 Å². The minimum Gasteiger partial charge on any atom is -0.480 e. The first-order chi connectivity index (χ1) is 6.56.